The molecule has 4 heteroatoms. The van der Waals surface area contributed by atoms with Gasteiger partial charge in [0.15, 0.2) is 0 Å². The molecular weight excluding hydrogens is 256 g/mol. The van der Waals surface area contributed by atoms with Crippen molar-refractivity contribution in [2.24, 2.45) is 0 Å². The zero-order valence-electron chi connectivity index (χ0n) is 12.3. The molecule has 1 N–H and O–H groups in total. The molecule has 112 valence electrons. The number of carboxylic acid groups (broad SMARTS) is 1. The number of carbonyl (C=O) groups is 1. The van der Waals surface area contributed by atoms with Gasteiger partial charge in [-0.05, 0) is 18.4 Å². The van der Waals surface area contributed by atoms with Gasteiger partial charge in [-0.3, -0.25) is 0 Å². The van der Waals surface area contributed by atoms with E-state index < -0.39 is 6.16 Å². The van der Waals surface area contributed by atoms with Crippen LogP contribution in [0.5, 0.6) is 0 Å². The van der Waals surface area contributed by atoms with Crippen LogP contribution in [-0.2, 0) is 14.9 Å². The Morgan fingerprint density at radius 1 is 1.25 bits per heavy atom. The SMILES string of the molecule is CCCCOCC(C)(CCOC(=O)O)c1ccccc1. The number of hydrogen-bond acceptors (Lipinski definition) is 3. The molecule has 0 heterocycles. The van der Waals surface area contributed by atoms with Crippen molar-refractivity contribution in [2.45, 2.75) is 38.5 Å². The maximum atomic E-state index is 10.5. The van der Waals surface area contributed by atoms with E-state index in [-0.39, 0.29) is 12.0 Å². The molecule has 0 aliphatic carbocycles. The third-order valence-corrected chi connectivity index (χ3v) is 3.41. The summed E-state index contributed by atoms with van der Waals surface area (Å²) >= 11 is 0. The minimum Gasteiger partial charge on any atom is -0.450 e. The second-order valence-electron chi connectivity index (χ2n) is 5.20. The summed E-state index contributed by atoms with van der Waals surface area (Å²) in [6.07, 6.45) is 1.52. The van der Waals surface area contributed by atoms with Crippen LogP contribution in [0.2, 0.25) is 0 Å². The smallest absolute Gasteiger partial charge is 0.450 e. The normalized spacial score (nSPS) is 13.7. The number of benzene rings is 1. The van der Waals surface area contributed by atoms with Gasteiger partial charge in [0, 0.05) is 12.0 Å². The predicted molar refractivity (Wildman–Crippen MR) is 78.1 cm³/mol. The second kappa shape index (κ2) is 8.59. The van der Waals surface area contributed by atoms with Crippen LogP contribution in [0.15, 0.2) is 30.3 Å². The highest BCUT2D eigenvalue weighted by Crippen LogP contribution is 2.28. The lowest BCUT2D eigenvalue weighted by molar-refractivity contribution is 0.0563. The van der Waals surface area contributed by atoms with Gasteiger partial charge in [0.2, 0.25) is 0 Å². The van der Waals surface area contributed by atoms with Gasteiger partial charge >= 0.3 is 6.16 Å². The number of ether oxygens (including phenoxy) is 2. The third kappa shape index (κ3) is 5.61. The van der Waals surface area contributed by atoms with Gasteiger partial charge in [-0.15, -0.1) is 0 Å². The average Bonchev–Trinajstić information content (AvgIpc) is 2.44. The maximum Gasteiger partial charge on any atom is 0.505 e. The van der Waals surface area contributed by atoms with Crippen LogP contribution in [0.1, 0.15) is 38.7 Å². The summed E-state index contributed by atoms with van der Waals surface area (Å²) in [5, 5.41) is 8.57. The minimum absolute atomic E-state index is 0.178. The highest BCUT2D eigenvalue weighted by molar-refractivity contribution is 5.56. The molecule has 1 atom stereocenters. The zero-order chi connectivity index (χ0) is 14.8. The first-order valence-corrected chi connectivity index (χ1v) is 7.07. The van der Waals surface area contributed by atoms with Crippen molar-refractivity contribution in [3.63, 3.8) is 0 Å². The van der Waals surface area contributed by atoms with E-state index in [2.05, 4.69) is 18.6 Å². The van der Waals surface area contributed by atoms with Crippen molar-refractivity contribution in [3.05, 3.63) is 35.9 Å². The molecule has 1 unspecified atom stereocenters. The van der Waals surface area contributed by atoms with Crippen molar-refractivity contribution in [2.75, 3.05) is 19.8 Å². The summed E-state index contributed by atoms with van der Waals surface area (Å²) in [5.41, 5.74) is 0.912. The first-order chi connectivity index (χ1) is 9.58. The minimum atomic E-state index is -1.23. The van der Waals surface area contributed by atoms with E-state index in [1.165, 1.54) is 0 Å². The first-order valence-electron chi connectivity index (χ1n) is 7.07. The highest BCUT2D eigenvalue weighted by atomic mass is 16.7. The number of unbranched alkanes of at least 4 members (excludes halogenated alkanes) is 1. The van der Waals surface area contributed by atoms with E-state index >= 15 is 0 Å². The molecule has 0 bridgehead atoms. The summed E-state index contributed by atoms with van der Waals surface area (Å²) in [5.74, 6) is 0. The summed E-state index contributed by atoms with van der Waals surface area (Å²) in [4.78, 5) is 10.5. The molecule has 4 nitrogen and oxygen atoms in total. The highest BCUT2D eigenvalue weighted by Gasteiger charge is 2.27. The van der Waals surface area contributed by atoms with Gasteiger partial charge in [0.05, 0.1) is 13.2 Å². The number of rotatable bonds is 9. The Balaban J connectivity index is 2.64. The van der Waals surface area contributed by atoms with Gasteiger partial charge in [0.1, 0.15) is 0 Å². The lowest BCUT2D eigenvalue weighted by Gasteiger charge is -2.29. The number of hydrogen-bond donors (Lipinski definition) is 1. The Hall–Kier alpha value is -1.55. The Bertz CT molecular complexity index is 391. The van der Waals surface area contributed by atoms with E-state index in [9.17, 15) is 4.79 Å². The fourth-order valence-corrected chi connectivity index (χ4v) is 2.05. The molecule has 0 radical (unpaired) electrons. The van der Waals surface area contributed by atoms with Gasteiger partial charge < -0.3 is 14.6 Å². The molecule has 0 spiro atoms. The van der Waals surface area contributed by atoms with Gasteiger partial charge in [-0.25, -0.2) is 4.79 Å². The van der Waals surface area contributed by atoms with Crippen molar-refractivity contribution >= 4 is 6.16 Å². The van der Waals surface area contributed by atoms with Crippen LogP contribution in [0.25, 0.3) is 0 Å². The standard InChI is InChI=1S/C16H24O4/c1-3-4-11-19-13-16(2,10-12-20-15(17)18)14-8-6-5-7-9-14/h5-9H,3-4,10-13H2,1-2H3,(H,17,18). The zero-order valence-corrected chi connectivity index (χ0v) is 12.3. The van der Waals surface area contributed by atoms with E-state index in [0.717, 1.165) is 25.0 Å². The van der Waals surface area contributed by atoms with E-state index in [1.807, 2.05) is 30.3 Å². The Morgan fingerprint density at radius 3 is 2.55 bits per heavy atom. The summed E-state index contributed by atoms with van der Waals surface area (Å²) in [6, 6.07) is 10.0. The molecule has 0 fully saturated rings. The Labute approximate surface area is 120 Å². The van der Waals surface area contributed by atoms with E-state index in [0.29, 0.717) is 13.0 Å². The second-order valence-corrected chi connectivity index (χ2v) is 5.20. The van der Waals surface area contributed by atoms with Crippen LogP contribution in [0.4, 0.5) is 4.79 Å². The van der Waals surface area contributed by atoms with Crippen molar-refractivity contribution in [3.8, 4) is 0 Å². The van der Waals surface area contributed by atoms with Gasteiger partial charge in [-0.1, -0.05) is 50.6 Å². The Morgan fingerprint density at radius 2 is 1.95 bits per heavy atom. The molecule has 0 amide bonds. The molecule has 0 saturated heterocycles. The molecule has 1 rings (SSSR count). The van der Waals surface area contributed by atoms with E-state index in [4.69, 9.17) is 9.84 Å². The average molecular weight is 280 g/mol. The lowest BCUT2D eigenvalue weighted by atomic mass is 9.80. The first kappa shape index (κ1) is 16.5. The van der Waals surface area contributed by atoms with Crippen LogP contribution < -0.4 is 0 Å². The maximum absolute atomic E-state index is 10.5. The van der Waals surface area contributed by atoms with Crippen molar-refractivity contribution in [1.29, 1.82) is 0 Å². The fraction of sp³-hybridized carbons (Fsp3) is 0.562. The molecule has 0 aliphatic rings. The lowest BCUT2D eigenvalue weighted by Crippen LogP contribution is -2.30. The molecule has 1 aromatic rings. The topological polar surface area (TPSA) is 55.8 Å². The molecule has 20 heavy (non-hydrogen) atoms. The van der Waals surface area contributed by atoms with Crippen LogP contribution in [0.3, 0.4) is 0 Å². The molecule has 0 aliphatic heterocycles. The largest absolute Gasteiger partial charge is 0.505 e. The monoisotopic (exact) mass is 280 g/mol. The summed E-state index contributed by atoms with van der Waals surface area (Å²) in [6.45, 7) is 5.69. The summed E-state index contributed by atoms with van der Waals surface area (Å²) in [7, 11) is 0. The van der Waals surface area contributed by atoms with Crippen molar-refractivity contribution in [1.82, 2.24) is 0 Å². The third-order valence-electron chi connectivity index (χ3n) is 3.41. The van der Waals surface area contributed by atoms with Crippen LogP contribution in [0, 0.1) is 0 Å². The fourth-order valence-electron chi connectivity index (χ4n) is 2.05. The molecule has 0 aromatic heterocycles. The molecular formula is C16H24O4. The van der Waals surface area contributed by atoms with E-state index in [1.54, 1.807) is 0 Å². The van der Waals surface area contributed by atoms with Crippen molar-refractivity contribution < 1.29 is 19.4 Å². The predicted octanol–water partition coefficient (Wildman–Crippen LogP) is 3.85. The van der Waals surface area contributed by atoms with Crippen LogP contribution >= 0.6 is 0 Å². The Kier molecular flexibility index (Phi) is 7.09. The van der Waals surface area contributed by atoms with Gasteiger partial charge in [-0.2, -0.15) is 0 Å². The van der Waals surface area contributed by atoms with Gasteiger partial charge in [0.25, 0.3) is 0 Å². The molecule has 0 saturated carbocycles. The molecule has 1 aromatic carbocycles. The summed E-state index contributed by atoms with van der Waals surface area (Å²) < 4.78 is 10.4. The quantitative estimate of drug-likeness (QED) is 0.551. The van der Waals surface area contributed by atoms with Crippen LogP contribution in [-0.4, -0.2) is 31.1 Å².